The predicted molar refractivity (Wildman–Crippen MR) is 173 cm³/mol. The van der Waals surface area contributed by atoms with Crippen molar-refractivity contribution in [3.63, 3.8) is 0 Å². The minimum atomic E-state index is 0.0733. The Morgan fingerprint density at radius 3 is 1.69 bits per heavy atom. The van der Waals surface area contributed by atoms with Crippen LogP contribution in [0.1, 0.15) is 43.2 Å². The maximum atomic E-state index is 8.89. The number of nitrogens with one attached hydrogen (secondary N) is 2. The van der Waals surface area contributed by atoms with Crippen LogP contribution < -0.4 is 5.32 Å². The molecule has 2 aromatic heterocycles. The molecule has 0 bridgehead atoms. The molecule has 0 saturated carbocycles. The number of rotatable bonds is 9. The summed E-state index contributed by atoms with van der Waals surface area (Å²) in [5, 5.41) is 34.8. The summed E-state index contributed by atoms with van der Waals surface area (Å²) < 4.78 is 5.91. The fraction of sp³-hybridized carbons (Fsp3) is 0.355. The number of aromatic nitrogens is 6. The first-order valence-corrected chi connectivity index (χ1v) is 15.2. The van der Waals surface area contributed by atoms with Gasteiger partial charge in [-0.25, -0.2) is 9.97 Å². The Morgan fingerprint density at radius 1 is 0.756 bits per heavy atom. The van der Waals surface area contributed by atoms with E-state index in [1.54, 1.807) is 22.0 Å². The molecule has 2 aliphatic rings. The molecule has 1 aliphatic heterocycles. The average Bonchev–Trinajstić information content (AvgIpc) is 3.77. The molecule has 0 fully saturated rings. The van der Waals surface area contributed by atoms with Gasteiger partial charge in [-0.2, -0.15) is 15.7 Å². The van der Waals surface area contributed by atoms with Gasteiger partial charge in [0, 0.05) is 17.7 Å². The van der Waals surface area contributed by atoms with Crippen molar-refractivity contribution in [2.75, 3.05) is 26.3 Å². The first-order chi connectivity index (χ1) is 22.1. The molecule has 4 aromatic rings. The third-order valence-corrected chi connectivity index (χ3v) is 7.26. The van der Waals surface area contributed by atoms with Crippen LogP contribution in [0.3, 0.4) is 0 Å². The lowest BCUT2D eigenvalue weighted by Crippen LogP contribution is -2.19. The lowest BCUT2D eigenvalue weighted by atomic mass is 9.93. The van der Waals surface area contributed by atoms with Gasteiger partial charge in [0.15, 0.2) is 11.6 Å². The highest BCUT2D eigenvalue weighted by molar-refractivity contribution is 6.13. The number of hydrogen-bond donors (Lipinski definition) is 4. The van der Waals surface area contributed by atoms with Crippen molar-refractivity contribution in [1.82, 2.24) is 34.8 Å². The molecule has 13 nitrogen and oxygen atoms in total. The summed E-state index contributed by atoms with van der Waals surface area (Å²) in [6.07, 6.45) is 14.0. The van der Waals surface area contributed by atoms with Gasteiger partial charge in [0.05, 0.1) is 38.1 Å². The molecule has 236 valence electrons. The molecule has 2 aromatic carbocycles. The zero-order valence-electron chi connectivity index (χ0n) is 25.0. The van der Waals surface area contributed by atoms with Gasteiger partial charge in [0.1, 0.15) is 12.7 Å². The van der Waals surface area contributed by atoms with E-state index in [-0.39, 0.29) is 13.2 Å². The number of aliphatic hydroxyl groups is 2. The third kappa shape index (κ3) is 10.3. The molecule has 45 heavy (non-hydrogen) atoms. The van der Waals surface area contributed by atoms with Crippen LogP contribution in [-0.2, 0) is 13.1 Å². The van der Waals surface area contributed by atoms with Gasteiger partial charge >= 0.3 is 0 Å². The van der Waals surface area contributed by atoms with Crippen molar-refractivity contribution in [2.24, 2.45) is 15.1 Å². The second kappa shape index (κ2) is 18.4. The zero-order chi connectivity index (χ0) is 31.7. The van der Waals surface area contributed by atoms with Crippen LogP contribution in [0.15, 0.2) is 88.4 Å². The molecule has 0 radical (unpaired) electrons. The van der Waals surface area contributed by atoms with Crippen LogP contribution in [0.4, 0.5) is 0 Å². The first kappa shape index (κ1) is 33.5. The first-order valence-electron chi connectivity index (χ1n) is 14.8. The maximum absolute atomic E-state index is 8.89. The predicted octanol–water partition coefficient (Wildman–Crippen LogP) is 5.75. The highest BCUT2D eigenvalue weighted by atomic mass is 35.5. The fourth-order valence-corrected chi connectivity index (χ4v) is 4.98. The lowest BCUT2D eigenvalue weighted by Gasteiger charge is -2.14. The van der Waals surface area contributed by atoms with E-state index < -0.39 is 0 Å². The van der Waals surface area contributed by atoms with Crippen molar-refractivity contribution in [2.45, 2.75) is 45.2 Å². The maximum Gasteiger partial charge on any atom is 0.181 e. The van der Waals surface area contributed by atoms with Crippen molar-refractivity contribution in [3.8, 4) is 22.8 Å². The van der Waals surface area contributed by atoms with E-state index in [0.717, 1.165) is 30.6 Å². The molecule has 3 heterocycles. The van der Waals surface area contributed by atoms with Crippen LogP contribution >= 0.6 is 11.8 Å². The third-order valence-electron chi connectivity index (χ3n) is 7.19. The second-order valence-corrected chi connectivity index (χ2v) is 10.3. The average molecular weight is 632 g/mol. The summed E-state index contributed by atoms with van der Waals surface area (Å²) in [6.45, 7) is 3.10. The molecule has 0 atom stereocenters. The van der Waals surface area contributed by atoms with Gasteiger partial charge < -0.3 is 15.5 Å². The fourth-order valence-electron chi connectivity index (χ4n) is 4.94. The number of aliphatic hydroxyl groups excluding tert-OH is 2. The Hall–Kier alpha value is -4.43. The van der Waals surface area contributed by atoms with E-state index in [2.05, 4.69) is 113 Å². The van der Waals surface area contributed by atoms with E-state index >= 15 is 0 Å². The van der Waals surface area contributed by atoms with Crippen molar-refractivity contribution in [3.05, 3.63) is 84.5 Å². The van der Waals surface area contributed by atoms with Crippen molar-refractivity contribution in [1.29, 1.82) is 5.53 Å². The monoisotopic (exact) mass is 631 g/mol. The topological polar surface area (TPSA) is 175 Å². The van der Waals surface area contributed by atoms with Crippen LogP contribution in [0, 0.1) is 5.53 Å². The summed E-state index contributed by atoms with van der Waals surface area (Å²) in [5.74, 6) is 1.41. The smallest absolute Gasteiger partial charge is 0.181 e. The van der Waals surface area contributed by atoms with E-state index in [4.69, 9.17) is 15.7 Å². The largest absolute Gasteiger partial charge is 0.394 e. The Labute approximate surface area is 267 Å². The van der Waals surface area contributed by atoms with Gasteiger partial charge in [-0.3, -0.25) is 9.36 Å². The van der Waals surface area contributed by atoms with Gasteiger partial charge in [-0.1, -0.05) is 65.3 Å². The Balaban J connectivity index is 0.000000179. The van der Waals surface area contributed by atoms with Gasteiger partial charge in [-0.15, -0.1) is 0 Å². The molecule has 4 N–H and O–H groups in total. The van der Waals surface area contributed by atoms with Gasteiger partial charge in [0.2, 0.25) is 0 Å². The Kier molecular flexibility index (Phi) is 13.7. The summed E-state index contributed by atoms with van der Waals surface area (Å²) in [7, 11) is 0. The SMILES string of the molecule is N=NN=NCl.OCCn1cnc(-c2ccc(C3=CCCCC3)cc2)n1.OCCn1cnc(-c2ccc(C3=CCNCC3)cc2)n1. The number of allylic oxidation sites excluding steroid dienone is 2. The van der Waals surface area contributed by atoms with Crippen LogP contribution in [0.5, 0.6) is 0 Å². The molecular weight excluding hydrogens is 594 g/mol. The van der Waals surface area contributed by atoms with Gasteiger partial charge in [0.25, 0.3) is 0 Å². The number of halogens is 1. The van der Waals surface area contributed by atoms with E-state index in [0.29, 0.717) is 24.7 Å². The minimum Gasteiger partial charge on any atom is -0.394 e. The Bertz CT molecular complexity index is 1450. The second-order valence-electron chi connectivity index (χ2n) is 10.2. The van der Waals surface area contributed by atoms with Crippen LogP contribution in [0.25, 0.3) is 33.9 Å². The number of benzene rings is 2. The molecule has 6 rings (SSSR count). The Morgan fingerprint density at radius 2 is 1.29 bits per heavy atom. The molecule has 14 heteroatoms. The molecule has 1 aliphatic carbocycles. The summed E-state index contributed by atoms with van der Waals surface area (Å²) in [4.78, 5) is 8.54. The highest BCUT2D eigenvalue weighted by Gasteiger charge is 2.09. The molecule has 0 spiro atoms. The van der Waals surface area contributed by atoms with Crippen molar-refractivity contribution >= 4 is 22.9 Å². The summed E-state index contributed by atoms with van der Waals surface area (Å²) in [6, 6.07) is 16.8. The molecular formula is C31H38ClN11O2. The molecule has 0 amide bonds. The summed E-state index contributed by atoms with van der Waals surface area (Å²) >= 11 is 4.55. The van der Waals surface area contributed by atoms with E-state index in [9.17, 15) is 0 Å². The number of hydrogen-bond acceptors (Lipinski definition) is 9. The van der Waals surface area contributed by atoms with E-state index in [1.165, 1.54) is 48.0 Å². The standard InChI is InChI=1S/C16H19N3O.C15H18N4O.ClHN4/c20-11-10-19-12-17-16(18-19)15-8-6-14(7-9-15)13-4-2-1-3-5-13;20-10-9-19-11-17-15(18-19)14-3-1-12(2-4-14)13-5-7-16-8-6-13;1-3-5-4-2/h4,6-9,12,20H,1-3,5,10-11H2;1-5,11,16,20H,6-10H2;2H. The van der Waals surface area contributed by atoms with Crippen molar-refractivity contribution < 1.29 is 10.2 Å². The van der Waals surface area contributed by atoms with Crippen LogP contribution in [0.2, 0.25) is 0 Å². The lowest BCUT2D eigenvalue weighted by molar-refractivity contribution is 0.269. The highest BCUT2D eigenvalue weighted by Crippen LogP contribution is 2.28. The van der Waals surface area contributed by atoms with Gasteiger partial charge in [-0.05, 0) is 71.4 Å². The minimum absolute atomic E-state index is 0.0733. The zero-order valence-corrected chi connectivity index (χ0v) is 25.8. The quantitative estimate of drug-likeness (QED) is 0.134. The van der Waals surface area contributed by atoms with Crippen LogP contribution in [-0.4, -0.2) is 66.0 Å². The number of nitrogens with zero attached hydrogens (tertiary/aromatic N) is 9. The molecule has 0 saturated heterocycles. The molecule has 0 unspecified atom stereocenters. The summed E-state index contributed by atoms with van der Waals surface area (Å²) in [5.41, 5.74) is 13.3. The normalized spacial score (nSPS) is 14.5. The van der Waals surface area contributed by atoms with E-state index in [1.807, 2.05) is 0 Å².